The second-order valence-electron chi connectivity index (χ2n) is 6.49. The fourth-order valence-electron chi connectivity index (χ4n) is 3.29. The molecule has 1 saturated heterocycles. The minimum absolute atomic E-state index is 0.0845. The molecule has 5 nitrogen and oxygen atoms in total. The van der Waals surface area contributed by atoms with Gasteiger partial charge in [0.1, 0.15) is 0 Å². The predicted octanol–water partition coefficient (Wildman–Crippen LogP) is 3.74. The van der Waals surface area contributed by atoms with Crippen molar-refractivity contribution < 1.29 is 14.4 Å². The lowest BCUT2D eigenvalue weighted by Gasteiger charge is -2.29. The Morgan fingerprint density at radius 1 is 1.04 bits per heavy atom. The van der Waals surface area contributed by atoms with Crippen LogP contribution in [0, 0.1) is 0 Å². The van der Waals surface area contributed by atoms with E-state index >= 15 is 0 Å². The highest BCUT2D eigenvalue weighted by atomic mass is 35.5. The molecular weight excluding hydrogens is 384 g/mol. The van der Waals surface area contributed by atoms with E-state index in [9.17, 15) is 14.4 Å². The molecule has 2 aromatic carbocycles. The summed E-state index contributed by atoms with van der Waals surface area (Å²) in [7, 11) is 0. The number of hydrogen-bond donors (Lipinski definition) is 0. The Morgan fingerprint density at radius 2 is 1.74 bits per heavy atom. The maximum atomic E-state index is 13.0. The first-order valence-electron chi connectivity index (χ1n) is 8.69. The van der Waals surface area contributed by atoms with E-state index in [1.807, 2.05) is 18.2 Å². The molecule has 0 radical (unpaired) electrons. The van der Waals surface area contributed by atoms with Crippen LogP contribution in [0.1, 0.15) is 28.8 Å². The summed E-state index contributed by atoms with van der Waals surface area (Å²) < 4.78 is 0. The first-order chi connectivity index (χ1) is 13.0. The summed E-state index contributed by atoms with van der Waals surface area (Å²) in [6, 6.07) is 12.7. The van der Waals surface area contributed by atoms with E-state index in [0.29, 0.717) is 17.1 Å². The molecule has 0 N–H and O–H groups in total. The Balaban J connectivity index is 1.53. The smallest absolute Gasteiger partial charge is 0.258 e. The molecule has 2 aliphatic rings. The highest BCUT2D eigenvalue weighted by molar-refractivity contribution is 7.99. The standard InChI is InChI=1S/C20H17ClN2O3S/c21-15-5-6-17-16(11-15)22(9-10-27-17)20(26)14-3-1-13(2-4-14)12-23-18(24)7-8-19(23)25/h1-6,11H,7-10,12H2. The predicted molar refractivity (Wildman–Crippen MR) is 105 cm³/mol. The molecule has 0 spiro atoms. The summed E-state index contributed by atoms with van der Waals surface area (Å²) in [5, 5.41) is 0.601. The molecule has 4 rings (SSSR count). The number of hydrogen-bond acceptors (Lipinski definition) is 4. The summed E-state index contributed by atoms with van der Waals surface area (Å²) in [6.45, 7) is 0.875. The van der Waals surface area contributed by atoms with Crippen LogP contribution >= 0.6 is 23.4 Å². The molecule has 0 saturated carbocycles. The van der Waals surface area contributed by atoms with Crippen molar-refractivity contribution in [2.75, 3.05) is 17.2 Å². The number of imide groups is 1. The number of thioether (sulfide) groups is 1. The van der Waals surface area contributed by atoms with Gasteiger partial charge in [-0.05, 0) is 35.9 Å². The van der Waals surface area contributed by atoms with E-state index in [4.69, 9.17) is 11.6 Å². The van der Waals surface area contributed by atoms with Crippen molar-refractivity contribution in [3.8, 4) is 0 Å². The summed E-state index contributed by atoms with van der Waals surface area (Å²) in [4.78, 5) is 40.6. The Kier molecular flexibility index (Phi) is 4.93. The fraction of sp³-hybridized carbons (Fsp3) is 0.250. The number of nitrogens with zero attached hydrogens (tertiary/aromatic N) is 2. The quantitative estimate of drug-likeness (QED) is 0.736. The third-order valence-electron chi connectivity index (χ3n) is 4.73. The molecule has 27 heavy (non-hydrogen) atoms. The number of benzene rings is 2. The number of anilines is 1. The van der Waals surface area contributed by atoms with E-state index in [-0.39, 0.29) is 37.1 Å². The third-order valence-corrected chi connectivity index (χ3v) is 6.00. The van der Waals surface area contributed by atoms with Gasteiger partial charge in [-0.25, -0.2) is 0 Å². The number of fused-ring (bicyclic) bond motifs is 1. The van der Waals surface area contributed by atoms with E-state index < -0.39 is 0 Å². The molecule has 1 fully saturated rings. The Bertz CT molecular complexity index is 913. The average Bonchev–Trinajstić information content (AvgIpc) is 2.99. The molecule has 7 heteroatoms. The first kappa shape index (κ1) is 18.1. The lowest BCUT2D eigenvalue weighted by molar-refractivity contribution is -0.139. The SMILES string of the molecule is O=C1CCC(=O)N1Cc1ccc(C(=O)N2CCSc3ccc(Cl)cc32)cc1. The van der Waals surface area contributed by atoms with Gasteiger partial charge < -0.3 is 4.90 Å². The summed E-state index contributed by atoms with van der Waals surface area (Å²) in [5.41, 5.74) is 2.23. The van der Waals surface area contributed by atoms with Gasteiger partial charge in [0.15, 0.2) is 0 Å². The van der Waals surface area contributed by atoms with Crippen molar-refractivity contribution in [1.29, 1.82) is 0 Å². The van der Waals surface area contributed by atoms with E-state index in [1.165, 1.54) is 4.90 Å². The number of halogens is 1. The number of amides is 3. The van der Waals surface area contributed by atoms with Gasteiger partial charge in [-0.2, -0.15) is 0 Å². The molecule has 0 bridgehead atoms. The molecule has 0 aliphatic carbocycles. The zero-order chi connectivity index (χ0) is 19.0. The second kappa shape index (κ2) is 7.37. The fourth-order valence-corrected chi connectivity index (χ4v) is 4.43. The maximum absolute atomic E-state index is 13.0. The Hall–Kier alpha value is -2.31. The van der Waals surface area contributed by atoms with Gasteiger partial charge in [0, 0.05) is 40.6 Å². The van der Waals surface area contributed by atoms with E-state index in [2.05, 4.69) is 0 Å². The zero-order valence-corrected chi connectivity index (χ0v) is 16.1. The molecule has 138 valence electrons. The summed E-state index contributed by atoms with van der Waals surface area (Å²) in [6.07, 6.45) is 0.564. The topological polar surface area (TPSA) is 57.7 Å². The van der Waals surface area contributed by atoms with Gasteiger partial charge in [0.2, 0.25) is 11.8 Å². The minimum atomic E-state index is -0.139. The second-order valence-corrected chi connectivity index (χ2v) is 8.06. The monoisotopic (exact) mass is 400 g/mol. The van der Waals surface area contributed by atoms with Crippen molar-refractivity contribution in [2.45, 2.75) is 24.3 Å². The van der Waals surface area contributed by atoms with Gasteiger partial charge in [-0.3, -0.25) is 19.3 Å². The molecule has 0 atom stereocenters. The van der Waals surface area contributed by atoms with Crippen molar-refractivity contribution in [2.24, 2.45) is 0 Å². The molecule has 0 aromatic heterocycles. The summed E-state index contributed by atoms with van der Waals surface area (Å²) >= 11 is 7.82. The highest BCUT2D eigenvalue weighted by Crippen LogP contribution is 2.37. The van der Waals surface area contributed by atoms with Crippen molar-refractivity contribution in [3.63, 3.8) is 0 Å². The molecule has 0 unspecified atom stereocenters. The van der Waals surface area contributed by atoms with Gasteiger partial charge in [0.25, 0.3) is 5.91 Å². The van der Waals surface area contributed by atoms with Crippen LogP contribution in [0.2, 0.25) is 5.02 Å². The third kappa shape index (κ3) is 3.59. The minimum Gasteiger partial charge on any atom is -0.306 e. The van der Waals surface area contributed by atoms with Crippen molar-refractivity contribution >= 4 is 46.8 Å². The molecule has 2 heterocycles. The molecular formula is C20H17ClN2O3S. The van der Waals surface area contributed by atoms with Crippen LogP contribution in [-0.4, -0.2) is 34.9 Å². The first-order valence-corrected chi connectivity index (χ1v) is 10.1. The normalized spacial score (nSPS) is 16.6. The number of carbonyl (C=O) groups is 3. The number of carbonyl (C=O) groups excluding carboxylic acids is 3. The zero-order valence-electron chi connectivity index (χ0n) is 14.5. The van der Waals surface area contributed by atoms with Crippen molar-refractivity contribution in [3.05, 3.63) is 58.6 Å². The Labute approximate surface area is 166 Å². The average molecular weight is 401 g/mol. The number of rotatable bonds is 3. The van der Waals surface area contributed by atoms with E-state index in [1.54, 1.807) is 40.9 Å². The largest absolute Gasteiger partial charge is 0.306 e. The summed E-state index contributed by atoms with van der Waals surface area (Å²) in [5.74, 6) is 0.468. The Morgan fingerprint density at radius 3 is 2.44 bits per heavy atom. The molecule has 3 amide bonds. The highest BCUT2D eigenvalue weighted by Gasteiger charge is 2.29. The van der Waals surface area contributed by atoms with Crippen LogP contribution in [0.3, 0.4) is 0 Å². The van der Waals surface area contributed by atoms with Crippen LogP contribution in [-0.2, 0) is 16.1 Å². The van der Waals surface area contributed by atoms with Gasteiger partial charge in [0.05, 0.1) is 12.2 Å². The van der Waals surface area contributed by atoms with Crippen LogP contribution in [0.5, 0.6) is 0 Å². The van der Waals surface area contributed by atoms with Crippen LogP contribution < -0.4 is 4.90 Å². The van der Waals surface area contributed by atoms with Gasteiger partial charge >= 0.3 is 0 Å². The van der Waals surface area contributed by atoms with Crippen LogP contribution in [0.15, 0.2) is 47.4 Å². The van der Waals surface area contributed by atoms with Crippen LogP contribution in [0.4, 0.5) is 5.69 Å². The maximum Gasteiger partial charge on any atom is 0.258 e. The molecule has 2 aliphatic heterocycles. The lowest BCUT2D eigenvalue weighted by atomic mass is 10.1. The van der Waals surface area contributed by atoms with Crippen molar-refractivity contribution in [1.82, 2.24) is 4.90 Å². The van der Waals surface area contributed by atoms with Gasteiger partial charge in [-0.15, -0.1) is 11.8 Å². The van der Waals surface area contributed by atoms with Crippen LogP contribution in [0.25, 0.3) is 0 Å². The molecule has 2 aromatic rings. The van der Waals surface area contributed by atoms with Gasteiger partial charge in [-0.1, -0.05) is 23.7 Å². The number of likely N-dealkylation sites (tertiary alicyclic amines) is 1. The lowest BCUT2D eigenvalue weighted by Crippen LogP contribution is -2.35. The van der Waals surface area contributed by atoms with E-state index in [0.717, 1.165) is 21.9 Å².